The third-order valence-electron chi connectivity index (χ3n) is 2.19. The molecular weight excluding hydrogens is 134 g/mol. The molecule has 0 amide bonds. The van der Waals surface area contributed by atoms with E-state index in [4.69, 9.17) is 0 Å². The first-order valence-corrected chi connectivity index (χ1v) is 4.46. The molecule has 0 saturated heterocycles. The fourth-order valence-corrected chi connectivity index (χ4v) is 0.610. The maximum absolute atomic E-state index is 2.27. The Kier molecular flexibility index (Phi) is 5.01. The van der Waals surface area contributed by atoms with Crippen LogP contribution < -0.4 is 0 Å². The largest absolute Gasteiger partial charge is 0.381 e. The predicted molar refractivity (Wildman–Crippen MR) is 51.4 cm³/mol. The number of hydrogen-bond acceptors (Lipinski definition) is 1. The minimum atomic E-state index is 0.684. The van der Waals surface area contributed by atoms with Crippen molar-refractivity contribution in [1.29, 1.82) is 0 Å². The fraction of sp³-hybridized carbons (Fsp3) is 0.800. The lowest BCUT2D eigenvalue weighted by Gasteiger charge is -2.13. The Hall–Kier alpha value is -0.460. The molecule has 0 bridgehead atoms. The van der Waals surface area contributed by atoms with E-state index in [2.05, 4.69) is 51.9 Å². The highest BCUT2D eigenvalue weighted by Gasteiger charge is 2.01. The Morgan fingerprint density at radius 2 is 1.82 bits per heavy atom. The van der Waals surface area contributed by atoms with Crippen molar-refractivity contribution in [3.05, 3.63) is 12.3 Å². The second kappa shape index (κ2) is 5.22. The van der Waals surface area contributed by atoms with E-state index in [0.717, 1.165) is 12.5 Å². The van der Waals surface area contributed by atoms with Gasteiger partial charge in [-0.05, 0) is 25.0 Å². The molecule has 0 heterocycles. The highest BCUT2D eigenvalue weighted by molar-refractivity contribution is 4.86. The normalized spacial score (nSPS) is 14.4. The van der Waals surface area contributed by atoms with Gasteiger partial charge in [0.15, 0.2) is 0 Å². The summed E-state index contributed by atoms with van der Waals surface area (Å²) in [6.45, 7) is 10.00. The van der Waals surface area contributed by atoms with Crippen LogP contribution in [0, 0.1) is 11.8 Å². The van der Waals surface area contributed by atoms with Crippen LogP contribution in [0.2, 0.25) is 0 Å². The van der Waals surface area contributed by atoms with Gasteiger partial charge in [-0.15, -0.1) is 0 Å². The Bertz CT molecular complexity index is 116. The lowest BCUT2D eigenvalue weighted by atomic mass is 9.98. The zero-order valence-corrected chi connectivity index (χ0v) is 8.46. The van der Waals surface area contributed by atoms with E-state index in [1.165, 1.54) is 0 Å². The van der Waals surface area contributed by atoms with Crippen molar-refractivity contribution in [2.45, 2.75) is 27.7 Å². The van der Waals surface area contributed by atoms with Crippen LogP contribution in [0.4, 0.5) is 0 Å². The van der Waals surface area contributed by atoms with E-state index in [-0.39, 0.29) is 0 Å². The molecule has 0 fully saturated rings. The zero-order chi connectivity index (χ0) is 8.85. The molecule has 0 aromatic carbocycles. The molecule has 1 atom stereocenters. The van der Waals surface area contributed by atoms with Crippen LogP contribution in [0.15, 0.2) is 12.3 Å². The number of hydrogen-bond donors (Lipinski definition) is 0. The molecule has 0 aromatic rings. The number of rotatable bonds is 4. The van der Waals surface area contributed by atoms with Crippen LogP contribution in [-0.4, -0.2) is 18.5 Å². The van der Waals surface area contributed by atoms with E-state index in [1.807, 2.05) is 0 Å². The first-order chi connectivity index (χ1) is 5.07. The molecule has 0 aromatic heterocycles. The van der Waals surface area contributed by atoms with Gasteiger partial charge < -0.3 is 4.90 Å². The monoisotopic (exact) mass is 155 g/mol. The second-order valence-corrected chi connectivity index (χ2v) is 3.52. The van der Waals surface area contributed by atoms with Crippen molar-refractivity contribution in [3.63, 3.8) is 0 Å². The van der Waals surface area contributed by atoms with Gasteiger partial charge >= 0.3 is 0 Å². The predicted octanol–water partition coefficient (Wildman–Crippen LogP) is 2.74. The average molecular weight is 155 g/mol. The van der Waals surface area contributed by atoms with E-state index in [0.29, 0.717) is 5.92 Å². The van der Waals surface area contributed by atoms with E-state index in [9.17, 15) is 0 Å². The molecule has 0 aliphatic carbocycles. The molecule has 0 aliphatic rings. The molecule has 0 radical (unpaired) electrons. The highest BCUT2D eigenvalue weighted by Crippen LogP contribution is 2.10. The minimum absolute atomic E-state index is 0.684. The molecule has 11 heavy (non-hydrogen) atoms. The molecule has 1 nitrogen and oxygen atoms in total. The molecule has 1 unspecified atom stereocenters. The Labute approximate surface area is 71.1 Å². The minimum Gasteiger partial charge on any atom is -0.381 e. The summed E-state index contributed by atoms with van der Waals surface area (Å²) in [5.41, 5.74) is 0. The molecule has 0 rings (SSSR count). The molecule has 0 aliphatic heterocycles. The third-order valence-corrected chi connectivity index (χ3v) is 2.19. The van der Waals surface area contributed by atoms with Crippen LogP contribution in [0.25, 0.3) is 0 Å². The quantitative estimate of drug-likeness (QED) is 0.603. The summed E-state index contributed by atoms with van der Waals surface area (Å²) in [5.74, 6) is 1.43. The first-order valence-electron chi connectivity index (χ1n) is 4.46. The fourth-order valence-electron chi connectivity index (χ4n) is 0.610. The zero-order valence-electron chi connectivity index (χ0n) is 8.46. The highest BCUT2D eigenvalue weighted by atomic mass is 15.1. The summed E-state index contributed by atoms with van der Waals surface area (Å²) in [7, 11) is 2.10. The molecule has 66 valence electrons. The van der Waals surface area contributed by atoms with Gasteiger partial charge in [0.25, 0.3) is 0 Å². The van der Waals surface area contributed by atoms with Crippen LogP contribution in [0.5, 0.6) is 0 Å². The summed E-state index contributed by atoms with van der Waals surface area (Å²) in [5, 5.41) is 0. The molecule has 0 spiro atoms. The van der Waals surface area contributed by atoms with E-state index < -0.39 is 0 Å². The topological polar surface area (TPSA) is 3.24 Å². The van der Waals surface area contributed by atoms with Crippen molar-refractivity contribution in [3.8, 4) is 0 Å². The lowest BCUT2D eigenvalue weighted by molar-refractivity contribution is 0.459. The summed E-state index contributed by atoms with van der Waals surface area (Å²) >= 11 is 0. The Balaban J connectivity index is 3.72. The van der Waals surface area contributed by atoms with Crippen LogP contribution in [0.1, 0.15) is 27.7 Å². The molecule has 0 N–H and O–H groups in total. The molecular formula is C10H21N. The summed E-state index contributed by atoms with van der Waals surface area (Å²) in [6.07, 6.45) is 4.44. The third kappa shape index (κ3) is 4.88. The van der Waals surface area contributed by atoms with Crippen LogP contribution in [0.3, 0.4) is 0 Å². The Morgan fingerprint density at radius 1 is 1.27 bits per heavy atom. The molecule has 1 heteroatoms. The van der Waals surface area contributed by atoms with Crippen molar-refractivity contribution >= 4 is 0 Å². The van der Waals surface area contributed by atoms with Crippen molar-refractivity contribution in [2.75, 3.05) is 13.6 Å². The van der Waals surface area contributed by atoms with Gasteiger partial charge in [-0.25, -0.2) is 0 Å². The first kappa shape index (κ1) is 10.5. The maximum atomic E-state index is 2.27. The standard InChI is InChI=1S/C10H21N/c1-6-11(5)8-7-10(4)9(2)3/h7-10H,6H2,1-5H3/b8-7-. The van der Waals surface area contributed by atoms with Crippen molar-refractivity contribution in [2.24, 2.45) is 11.8 Å². The van der Waals surface area contributed by atoms with Crippen molar-refractivity contribution in [1.82, 2.24) is 4.90 Å². The summed E-state index contributed by atoms with van der Waals surface area (Å²) < 4.78 is 0. The van der Waals surface area contributed by atoms with Crippen molar-refractivity contribution < 1.29 is 0 Å². The smallest absolute Gasteiger partial charge is 0.0140 e. The van der Waals surface area contributed by atoms with Gasteiger partial charge in [-0.2, -0.15) is 0 Å². The lowest BCUT2D eigenvalue weighted by Crippen LogP contribution is -2.10. The van der Waals surface area contributed by atoms with Gasteiger partial charge in [0.1, 0.15) is 0 Å². The van der Waals surface area contributed by atoms with Gasteiger partial charge in [-0.1, -0.05) is 26.8 Å². The SMILES string of the molecule is CCN(C)/C=C\C(C)C(C)C. The summed E-state index contributed by atoms with van der Waals surface area (Å²) in [4.78, 5) is 2.19. The number of nitrogens with zero attached hydrogens (tertiary/aromatic N) is 1. The number of allylic oxidation sites excluding steroid dienone is 1. The second-order valence-electron chi connectivity index (χ2n) is 3.52. The van der Waals surface area contributed by atoms with E-state index in [1.54, 1.807) is 0 Å². The Morgan fingerprint density at radius 3 is 2.18 bits per heavy atom. The van der Waals surface area contributed by atoms with Gasteiger partial charge in [0.05, 0.1) is 0 Å². The van der Waals surface area contributed by atoms with Crippen LogP contribution in [-0.2, 0) is 0 Å². The molecule has 0 saturated carbocycles. The van der Waals surface area contributed by atoms with Gasteiger partial charge in [0.2, 0.25) is 0 Å². The maximum Gasteiger partial charge on any atom is 0.0140 e. The van der Waals surface area contributed by atoms with E-state index >= 15 is 0 Å². The van der Waals surface area contributed by atoms with Crippen LogP contribution >= 0.6 is 0 Å². The summed E-state index contributed by atoms with van der Waals surface area (Å²) in [6, 6.07) is 0. The van der Waals surface area contributed by atoms with Gasteiger partial charge in [0, 0.05) is 13.6 Å². The van der Waals surface area contributed by atoms with Gasteiger partial charge in [-0.3, -0.25) is 0 Å². The average Bonchev–Trinajstić information content (AvgIpc) is 1.99.